The second-order valence-electron chi connectivity index (χ2n) is 4.90. The number of hydrogen-bond acceptors (Lipinski definition) is 3. The number of benzene rings is 1. The van der Waals surface area contributed by atoms with E-state index in [1.165, 1.54) is 0 Å². The summed E-state index contributed by atoms with van der Waals surface area (Å²) < 4.78 is 25.2. The molecule has 0 radical (unpaired) electrons. The zero-order valence-corrected chi connectivity index (χ0v) is 13.4. The molecular weight excluding hydrogens is 276 g/mol. The van der Waals surface area contributed by atoms with Crippen molar-refractivity contribution in [3.8, 4) is 0 Å². The van der Waals surface area contributed by atoms with Gasteiger partial charge in [0.15, 0.2) is 0 Å². The van der Waals surface area contributed by atoms with Crippen LogP contribution in [0.25, 0.3) is 0 Å². The van der Waals surface area contributed by atoms with Crippen LogP contribution in [0.5, 0.6) is 0 Å². The van der Waals surface area contributed by atoms with Crippen LogP contribution >= 0.6 is 0 Å². The summed E-state index contributed by atoms with van der Waals surface area (Å²) in [5.74, 6) is -0.309. The summed E-state index contributed by atoms with van der Waals surface area (Å²) in [5, 5.41) is 2.65. The maximum Gasteiger partial charge on any atom is 0.243 e. The van der Waals surface area contributed by atoms with Crippen LogP contribution in [0.15, 0.2) is 18.2 Å². The summed E-state index contributed by atoms with van der Waals surface area (Å²) in [5.41, 5.74) is 2.57. The summed E-state index contributed by atoms with van der Waals surface area (Å²) >= 11 is 0. The molecule has 0 aliphatic rings. The van der Waals surface area contributed by atoms with E-state index in [2.05, 4.69) is 5.32 Å². The molecular formula is C14H22N2O3S. The van der Waals surface area contributed by atoms with Gasteiger partial charge in [0.25, 0.3) is 0 Å². The molecule has 0 unspecified atom stereocenters. The van der Waals surface area contributed by atoms with Gasteiger partial charge in [-0.25, -0.2) is 8.42 Å². The maximum absolute atomic E-state index is 12.0. The van der Waals surface area contributed by atoms with Crippen LogP contribution in [0, 0.1) is 13.8 Å². The Hall–Kier alpha value is -1.56. The number of anilines is 1. The van der Waals surface area contributed by atoms with Gasteiger partial charge in [-0.1, -0.05) is 6.07 Å². The monoisotopic (exact) mass is 298 g/mol. The second kappa shape index (κ2) is 6.26. The molecule has 1 atom stereocenters. The van der Waals surface area contributed by atoms with Crippen molar-refractivity contribution in [2.24, 2.45) is 0 Å². The van der Waals surface area contributed by atoms with Crippen molar-refractivity contribution in [2.75, 3.05) is 17.1 Å². The molecule has 1 aromatic rings. The molecule has 112 valence electrons. The SMILES string of the molecule is CCNC(=O)[C@@H](C)N(c1ccc(C)c(C)c1)S(C)(=O)=O. The Labute approximate surface area is 121 Å². The van der Waals surface area contributed by atoms with Crippen molar-refractivity contribution in [2.45, 2.75) is 33.7 Å². The third kappa shape index (κ3) is 3.72. The highest BCUT2D eigenvalue weighted by Gasteiger charge is 2.28. The molecule has 0 bridgehead atoms. The highest BCUT2D eigenvalue weighted by Crippen LogP contribution is 2.23. The van der Waals surface area contributed by atoms with Crippen molar-refractivity contribution in [3.63, 3.8) is 0 Å². The van der Waals surface area contributed by atoms with E-state index in [1.54, 1.807) is 26.0 Å². The zero-order valence-electron chi connectivity index (χ0n) is 12.6. The first-order chi connectivity index (χ1) is 9.18. The summed E-state index contributed by atoms with van der Waals surface area (Å²) in [6, 6.07) is 4.57. The van der Waals surface area contributed by atoms with Gasteiger partial charge in [-0.15, -0.1) is 0 Å². The van der Waals surface area contributed by atoms with Crippen molar-refractivity contribution < 1.29 is 13.2 Å². The Kier molecular flexibility index (Phi) is 5.16. The highest BCUT2D eigenvalue weighted by molar-refractivity contribution is 7.92. The normalized spacial score (nSPS) is 12.8. The Morgan fingerprint density at radius 2 is 1.90 bits per heavy atom. The van der Waals surface area contributed by atoms with Crippen molar-refractivity contribution in [1.82, 2.24) is 5.32 Å². The lowest BCUT2D eigenvalue weighted by Crippen LogP contribution is -2.47. The number of carbonyl (C=O) groups is 1. The first-order valence-corrected chi connectivity index (χ1v) is 8.37. The van der Waals surface area contributed by atoms with E-state index in [4.69, 9.17) is 0 Å². The van der Waals surface area contributed by atoms with Crippen LogP contribution in [0.2, 0.25) is 0 Å². The molecule has 0 spiro atoms. The van der Waals surface area contributed by atoms with Crippen molar-refractivity contribution in [3.05, 3.63) is 29.3 Å². The van der Waals surface area contributed by atoms with Crippen molar-refractivity contribution in [1.29, 1.82) is 0 Å². The number of carbonyl (C=O) groups excluding carboxylic acids is 1. The van der Waals surface area contributed by atoms with Gasteiger partial charge < -0.3 is 5.32 Å². The third-order valence-corrected chi connectivity index (χ3v) is 4.43. The minimum absolute atomic E-state index is 0.309. The molecule has 1 rings (SSSR count). The molecule has 0 aromatic heterocycles. The molecule has 1 aromatic carbocycles. The van der Waals surface area contributed by atoms with Crippen molar-refractivity contribution >= 4 is 21.6 Å². The fraction of sp³-hybridized carbons (Fsp3) is 0.500. The molecule has 0 fully saturated rings. The van der Waals surface area contributed by atoms with Gasteiger partial charge in [-0.05, 0) is 51.0 Å². The summed E-state index contributed by atoms with van der Waals surface area (Å²) in [6.07, 6.45) is 1.11. The van der Waals surface area contributed by atoms with Gasteiger partial charge in [-0.2, -0.15) is 0 Å². The minimum atomic E-state index is -3.54. The van der Waals surface area contributed by atoms with Crippen LogP contribution in [0.3, 0.4) is 0 Å². The molecule has 1 amide bonds. The Bertz CT molecular complexity index is 596. The Morgan fingerprint density at radius 1 is 1.30 bits per heavy atom. The quantitative estimate of drug-likeness (QED) is 0.898. The Balaban J connectivity index is 3.26. The molecule has 0 heterocycles. The largest absolute Gasteiger partial charge is 0.355 e. The summed E-state index contributed by atoms with van der Waals surface area (Å²) in [7, 11) is -3.54. The lowest BCUT2D eigenvalue weighted by molar-refractivity contribution is -0.121. The lowest BCUT2D eigenvalue weighted by Gasteiger charge is -2.28. The van der Waals surface area contributed by atoms with E-state index in [9.17, 15) is 13.2 Å². The van der Waals surface area contributed by atoms with Crippen LogP contribution in [-0.4, -0.2) is 33.2 Å². The molecule has 6 heteroatoms. The number of nitrogens with zero attached hydrogens (tertiary/aromatic N) is 1. The van der Waals surface area contributed by atoms with Crippen LogP contribution in [-0.2, 0) is 14.8 Å². The molecule has 0 saturated heterocycles. The lowest BCUT2D eigenvalue weighted by atomic mass is 10.1. The topological polar surface area (TPSA) is 66.5 Å². The standard InChI is InChI=1S/C14H22N2O3S/c1-6-15-14(17)12(4)16(20(5,18)19)13-8-7-10(2)11(3)9-13/h7-9,12H,6H2,1-5H3,(H,15,17)/t12-/m1/s1. The van der Waals surface area contributed by atoms with E-state index in [0.29, 0.717) is 12.2 Å². The van der Waals surface area contributed by atoms with E-state index < -0.39 is 16.1 Å². The molecule has 5 nitrogen and oxygen atoms in total. The first kappa shape index (κ1) is 16.5. The number of likely N-dealkylation sites (N-methyl/N-ethyl adjacent to an activating group) is 1. The van der Waals surface area contributed by atoms with Gasteiger partial charge >= 0.3 is 0 Å². The zero-order chi connectivity index (χ0) is 15.5. The van der Waals surface area contributed by atoms with Gasteiger partial charge in [0.2, 0.25) is 15.9 Å². The van der Waals surface area contributed by atoms with Gasteiger partial charge in [-0.3, -0.25) is 9.10 Å². The average molecular weight is 298 g/mol. The minimum Gasteiger partial charge on any atom is -0.355 e. The number of hydrogen-bond donors (Lipinski definition) is 1. The third-order valence-electron chi connectivity index (χ3n) is 3.18. The molecule has 1 N–H and O–H groups in total. The number of sulfonamides is 1. The van der Waals surface area contributed by atoms with E-state index in [1.807, 2.05) is 19.9 Å². The average Bonchev–Trinajstić information content (AvgIpc) is 2.32. The predicted molar refractivity (Wildman–Crippen MR) is 81.4 cm³/mol. The van der Waals surface area contributed by atoms with Crippen LogP contribution in [0.1, 0.15) is 25.0 Å². The molecule has 0 saturated carbocycles. The number of amides is 1. The maximum atomic E-state index is 12.0. The van der Waals surface area contributed by atoms with Gasteiger partial charge in [0, 0.05) is 6.54 Å². The van der Waals surface area contributed by atoms with E-state index in [-0.39, 0.29) is 5.91 Å². The number of rotatable bonds is 5. The smallest absolute Gasteiger partial charge is 0.243 e. The molecule has 20 heavy (non-hydrogen) atoms. The van der Waals surface area contributed by atoms with Gasteiger partial charge in [0.05, 0.1) is 11.9 Å². The van der Waals surface area contributed by atoms with Crippen LogP contribution < -0.4 is 9.62 Å². The highest BCUT2D eigenvalue weighted by atomic mass is 32.2. The fourth-order valence-corrected chi connectivity index (χ4v) is 3.16. The van der Waals surface area contributed by atoms with E-state index in [0.717, 1.165) is 21.7 Å². The second-order valence-corrected chi connectivity index (χ2v) is 6.76. The number of aryl methyl sites for hydroxylation is 2. The predicted octanol–water partition coefficient (Wildman–Crippen LogP) is 1.59. The summed E-state index contributed by atoms with van der Waals surface area (Å²) in [4.78, 5) is 11.9. The number of nitrogens with one attached hydrogen (secondary N) is 1. The van der Waals surface area contributed by atoms with E-state index >= 15 is 0 Å². The van der Waals surface area contributed by atoms with Crippen LogP contribution in [0.4, 0.5) is 5.69 Å². The summed E-state index contributed by atoms with van der Waals surface area (Å²) in [6.45, 7) is 7.72. The van der Waals surface area contributed by atoms with Gasteiger partial charge in [0.1, 0.15) is 6.04 Å². The Morgan fingerprint density at radius 3 is 2.35 bits per heavy atom. The molecule has 0 aliphatic carbocycles. The fourth-order valence-electron chi connectivity index (χ4n) is 1.99. The first-order valence-electron chi connectivity index (χ1n) is 6.52. The molecule has 0 aliphatic heterocycles.